The smallest absolute Gasteiger partial charge is 0.414 e. The Labute approximate surface area is 166 Å². The number of ether oxygens (including phenoxy) is 2. The third-order valence-electron chi connectivity index (χ3n) is 5.01. The third-order valence-corrected chi connectivity index (χ3v) is 5.01. The highest BCUT2D eigenvalue weighted by molar-refractivity contribution is 5.90. The summed E-state index contributed by atoms with van der Waals surface area (Å²) in [7, 11) is 0. The Balaban J connectivity index is 1.38. The van der Waals surface area contributed by atoms with Gasteiger partial charge >= 0.3 is 6.09 Å². The van der Waals surface area contributed by atoms with Crippen molar-refractivity contribution in [3.05, 3.63) is 36.3 Å². The molecule has 1 aromatic heterocycles. The molecule has 0 aliphatic carbocycles. The molecule has 2 fully saturated rings. The summed E-state index contributed by atoms with van der Waals surface area (Å²) in [5.41, 5.74) is 0.873. The van der Waals surface area contributed by atoms with Crippen LogP contribution in [-0.4, -0.2) is 67.5 Å². The van der Waals surface area contributed by atoms with E-state index in [1.54, 1.807) is 23.1 Å². The van der Waals surface area contributed by atoms with Gasteiger partial charge in [0.15, 0.2) is 6.10 Å². The molecule has 2 saturated heterocycles. The average Bonchev–Trinajstić information content (AvgIpc) is 3.36. The van der Waals surface area contributed by atoms with Crippen molar-refractivity contribution in [2.45, 2.75) is 13.0 Å². The monoisotopic (exact) mass is 404 g/mol. The lowest BCUT2D eigenvalue weighted by Gasteiger charge is -2.35. The molecular weight excluding hydrogens is 383 g/mol. The van der Waals surface area contributed by atoms with Gasteiger partial charge in [0.05, 0.1) is 17.9 Å². The van der Waals surface area contributed by atoms with E-state index in [4.69, 9.17) is 9.47 Å². The Morgan fingerprint density at radius 3 is 2.72 bits per heavy atom. The van der Waals surface area contributed by atoms with Gasteiger partial charge in [-0.05, 0) is 23.4 Å². The molecule has 1 aromatic carbocycles. The second-order valence-corrected chi connectivity index (χ2v) is 6.89. The number of carbonyl (C=O) groups excluding carboxylic acids is 2. The van der Waals surface area contributed by atoms with Crippen LogP contribution in [-0.2, 0) is 9.53 Å². The summed E-state index contributed by atoms with van der Waals surface area (Å²) in [5, 5.41) is 3.63. The van der Waals surface area contributed by atoms with Crippen LogP contribution < -0.4 is 14.5 Å². The van der Waals surface area contributed by atoms with Crippen molar-refractivity contribution >= 4 is 23.4 Å². The molecule has 2 amide bonds. The Morgan fingerprint density at radius 2 is 2.07 bits per heavy atom. The zero-order chi connectivity index (χ0) is 20.4. The van der Waals surface area contributed by atoms with E-state index in [1.807, 2.05) is 4.90 Å². The minimum absolute atomic E-state index is 0.0232. The van der Waals surface area contributed by atoms with Gasteiger partial charge in [-0.15, -0.1) is 0 Å². The van der Waals surface area contributed by atoms with Gasteiger partial charge in [-0.25, -0.2) is 9.18 Å². The van der Waals surface area contributed by atoms with Crippen molar-refractivity contribution < 1.29 is 28.0 Å². The fourth-order valence-electron chi connectivity index (χ4n) is 3.46. The average molecular weight is 404 g/mol. The number of benzene rings is 1. The fourth-order valence-corrected chi connectivity index (χ4v) is 3.46. The van der Waals surface area contributed by atoms with Crippen LogP contribution in [0.4, 0.5) is 20.6 Å². The van der Waals surface area contributed by atoms with Crippen LogP contribution in [0.1, 0.15) is 6.92 Å². The standard InChI is InChI=1S/C19H21FN4O5/c1-13(25)22-5-7-23(8-6-22)17-3-2-14(10-16(17)20)24-11-15(29-19(24)26)12-27-18-4-9-28-21-18/h2-4,9-10,15H,5-8,11-12H2,1H3. The second-order valence-electron chi connectivity index (χ2n) is 6.89. The minimum Gasteiger partial charge on any atom is -0.471 e. The lowest BCUT2D eigenvalue weighted by Crippen LogP contribution is -2.48. The normalized spacial score (nSPS) is 19.4. The lowest BCUT2D eigenvalue weighted by molar-refractivity contribution is -0.129. The third kappa shape index (κ3) is 4.10. The molecule has 0 spiro atoms. The van der Waals surface area contributed by atoms with Gasteiger partial charge in [0, 0.05) is 39.2 Å². The Kier molecular flexibility index (Phi) is 5.24. The number of carbonyl (C=O) groups is 2. The highest BCUT2D eigenvalue weighted by atomic mass is 19.1. The summed E-state index contributed by atoms with van der Waals surface area (Å²) in [6, 6.07) is 6.23. The summed E-state index contributed by atoms with van der Waals surface area (Å²) < 4.78 is 30.1. The van der Waals surface area contributed by atoms with Gasteiger partial charge in [0.1, 0.15) is 18.7 Å². The number of nitrogens with zero attached hydrogens (tertiary/aromatic N) is 4. The maximum Gasteiger partial charge on any atom is 0.414 e. The topological polar surface area (TPSA) is 88.4 Å². The largest absolute Gasteiger partial charge is 0.471 e. The molecule has 0 N–H and O–H groups in total. The summed E-state index contributed by atoms with van der Waals surface area (Å²) in [5.74, 6) is -0.0938. The van der Waals surface area contributed by atoms with Crippen LogP contribution in [0.25, 0.3) is 0 Å². The first-order valence-corrected chi connectivity index (χ1v) is 9.32. The van der Waals surface area contributed by atoms with Gasteiger partial charge in [-0.1, -0.05) is 0 Å². The first kappa shape index (κ1) is 19.0. The first-order chi connectivity index (χ1) is 14.0. The Morgan fingerprint density at radius 1 is 1.28 bits per heavy atom. The molecule has 1 unspecified atom stereocenters. The lowest BCUT2D eigenvalue weighted by atomic mass is 10.2. The number of hydrogen-bond donors (Lipinski definition) is 0. The molecule has 29 heavy (non-hydrogen) atoms. The highest BCUT2D eigenvalue weighted by Gasteiger charge is 2.33. The molecule has 4 rings (SSSR count). The van der Waals surface area contributed by atoms with E-state index < -0.39 is 18.0 Å². The molecular formula is C19H21FN4O5. The van der Waals surface area contributed by atoms with Crippen molar-refractivity contribution in [3.63, 3.8) is 0 Å². The van der Waals surface area contributed by atoms with Crippen molar-refractivity contribution in [2.24, 2.45) is 0 Å². The van der Waals surface area contributed by atoms with Crippen molar-refractivity contribution in [1.82, 2.24) is 10.1 Å². The molecule has 2 aliphatic heterocycles. The summed E-state index contributed by atoms with van der Waals surface area (Å²) >= 11 is 0. The van der Waals surface area contributed by atoms with E-state index in [2.05, 4.69) is 9.68 Å². The predicted octanol–water partition coefficient (Wildman–Crippen LogP) is 1.89. The van der Waals surface area contributed by atoms with Crippen molar-refractivity contribution in [3.8, 4) is 5.88 Å². The molecule has 2 aromatic rings. The first-order valence-electron chi connectivity index (χ1n) is 9.32. The van der Waals surface area contributed by atoms with Crippen LogP contribution in [0.15, 0.2) is 35.1 Å². The molecule has 1 atom stereocenters. The van der Waals surface area contributed by atoms with E-state index in [0.717, 1.165) is 0 Å². The van der Waals surface area contributed by atoms with Crippen molar-refractivity contribution in [2.75, 3.05) is 49.1 Å². The number of amides is 2. The van der Waals surface area contributed by atoms with Crippen LogP contribution >= 0.6 is 0 Å². The fraction of sp³-hybridized carbons (Fsp3) is 0.421. The van der Waals surface area contributed by atoms with Gasteiger partial charge < -0.3 is 23.8 Å². The zero-order valence-electron chi connectivity index (χ0n) is 15.9. The van der Waals surface area contributed by atoms with E-state index in [-0.39, 0.29) is 19.1 Å². The quantitative estimate of drug-likeness (QED) is 0.752. The minimum atomic E-state index is -0.555. The summed E-state index contributed by atoms with van der Waals surface area (Å²) in [6.45, 7) is 4.13. The molecule has 0 bridgehead atoms. The van der Waals surface area contributed by atoms with Crippen LogP contribution in [0.5, 0.6) is 5.88 Å². The summed E-state index contributed by atoms with van der Waals surface area (Å²) in [6.07, 6.45) is 0.328. The molecule has 154 valence electrons. The van der Waals surface area contributed by atoms with Gasteiger partial charge in [0.2, 0.25) is 5.91 Å². The van der Waals surface area contributed by atoms with Gasteiger partial charge in [-0.2, -0.15) is 0 Å². The predicted molar refractivity (Wildman–Crippen MR) is 100 cm³/mol. The number of hydrogen-bond acceptors (Lipinski definition) is 7. The Bertz CT molecular complexity index is 883. The number of piperazine rings is 1. The van der Waals surface area contributed by atoms with Gasteiger partial charge in [-0.3, -0.25) is 9.69 Å². The second kappa shape index (κ2) is 7.98. The molecule has 2 aliphatic rings. The zero-order valence-corrected chi connectivity index (χ0v) is 15.9. The molecule has 3 heterocycles. The number of cyclic esters (lactones) is 1. The molecule has 10 heteroatoms. The van der Waals surface area contributed by atoms with E-state index in [0.29, 0.717) is 43.4 Å². The number of rotatable bonds is 5. The molecule has 0 radical (unpaired) electrons. The maximum absolute atomic E-state index is 14.8. The number of halogens is 1. The summed E-state index contributed by atoms with van der Waals surface area (Å²) in [4.78, 5) is 28.6. The van der Waals surface area contributed by atoms with Gasteiger partial charge in [0.25, 0.3) is 5.88 Å². The maximum atomic E-state index is 14.8. The van der Waals surface area contributed by atoms with E-state index in [1.165, 1.54) is 24.2 Å². The Hall–Kier alpha value is -3.30. The van der Waals surface area contributed by atoms with Crippen LogP contribution in [0.2, 0.25) is 0 Å². The highest BCUT2D eigenvalue weighted by Crippen LogP contribution is 2.28. The number of aromatic nitrogens is 1. The van der Waals surface area contributed by atoms with E-state index in [9.17, 15) is 14.0 Å². The van der Waals surface area contributed by atoms with Crippen LogP contribution in [0, 0.1) is 5.82 Å². The SMILES string of the molecule is CC(=O)N1CCN(c2ccc(N3CC(COc4ccon4)OC3=O)cc2F)CC1. The van der Waals surface area contributed by atoms with Crippen LogP contribution in [0.3, 0.4) is 0 Å². The van der Waals surface area contributed by atoms with E-state index >= 15 is 0 Å². The van der Waals surface area contributed by atoms with Crippen molar-refractivity contribution in [1.29, 1.82) is 0 Å². The molecule has 9 nitrogen and oxygen atoms in total. The number of anilines is 2. The molecule has 0 saturated carbocycles.